The number of carbonyl (C=O) groups excluding carboxylic acids is 1. The summed E-state index contributed by atoms with van der Waals surface area (Å²) in [5.41, 5.74) is 0.527. The van der Waals surface area contributed by atoms with Crippen LogP contribution in [0.4, 0.5) is 0 Å². The Labute approximate surface area is 158 Å². The highest BCUT2D eigenvalue weighted by atomic mass is 35.5. The third-order valence-electron chi connectivity index (χ3n) is 4.90. The van der Waals surface area contributed by atoms with E-state index in [0.717, 1.165) is 32.4 Å². The van der Waals surface area contributed by atoms with Gasteiger partial charge in [0.15, 0.2) is 0 Å². The number of benzene rings is 1. The molecule has 0 N–H and O–H groups in total. The molecule has 3 rings (SSSR count). The molecule has 0 saturated carbocycles. The molecule has 0 aliphatic carbocycles. The number of piperidine rings is 1. The summed E-state index contributed by atoms with van der Waals surface area (Å²) in [6.45, 7) is 2.31. The van der Waals surface area contributed by atoms with Gasteiger partial charge in [0, 0.05) is 36.2 Å². The lowest BCUT2D eigenvalue weighted by Gasteiger charge is -2.33. The van der Waals surface area contributed by atoms with Gasteiger partial charge in [-0.15, -0.1) is 0 Å². The predicted octanol–water partition coefficient (Wildman–Crippen LogP) is 3.16. The fraction of sp³-hybridized carbons (Fsp3) is 0.588. The summed E-state index contributed by atoms with van der Waals surface area (Å²) >= 11 is 12.0. The summed E-state index contributed by atoms with van der Waals surface area (Å²) in [6.07, 6.45) is 3.53. The molecule has 1 aromatic carbocycles. The van der Waals surface area contributed by atoms with Gasteiger partial charge in [0.1, 0.15) is 0 Å². The zero-order valence-corrected chi connectivity index (χ0v) is 16.3. The van der Waals surface area contributed by atoms with Crippen molar-refractivity contribution in [1.29, 1.82) is 0 Å². The standard InChI is InChI=1S/C17H22Cl2N2O3S/c18-15-6-5-14(16(19)10-15)12-25(23,24)21-9-3-4-13(11-21)17(22)20-7-1-2-8-20/h5-6,10,13H,1-4,7-9,11-12H2. The van der Waals surface area contributed by atoms with Crippen LogP contribution in [0.25, 0.3) is 0 Å². The highest BCUT2D eigenvalue weighted by Gasteiger charge is 2.35. The molecule has 1 amide bonds. The van der Waals surface area contributed by atoms with E-state index in [0.29, 0.717) is 28.6 Å². The highest BCUT2D eigenvalue weighted by Crippen LogP contribution is 2.27. The maximum Gasteiger partial charge on any atom is 0.227 e. The molecule has 2 aliphatic heterocycles. The Balaban J connectivity index is 1.69. The van der Waals surface area contributed by atoms with Gasteiger partial charge in [-0.25, -0.2) is 12.7 Å². The zero-order chi connectivity index (χ0) is 18.0. The molecule has 0 aromatic heterocycles. The second kappa shape index (κ2) is 7.82. The lowest BCUT2D eigenvalue weighted by Crippen LogP contribution is -2.46. The molecular weight excluding hydrogens is 383 g/mol. The zero-order valence-electron chi connectivity index (χ0n) is 14.0. The summed E-state index contributed by atoms with van der Waals surface area (Å²) in [7, 11) is -3.53. The summed E-state index contributed by atoms with van der Waals surface area (Å²) in [6, 6.07) is 4.82. The third-order valence-corrected chi connectivity index (χ3v) is 7.28. The SMILES string of the molecule is O=C(C1CCCN(S(=O)(=O)Cc2ccc(Cl)cc2Cl)C1)N1CCCC1. The number of hydrogen-bond acceptors (Lipinski definition) is 3. The van der Waals surface area contributed by atoms with Crippen molar-refractivity contribution in [2.45, 2.75) is 31.4 Å². The number of nitrogens with zero attached hydrogens (tertiary/aromatic N) is 2. The molecule has 5 nitrogen and oxygen atoms in total. The normalized spacial score (nSPS) is 22.3. The van der Waals surface area contributed by atoms with Crippen LogP contribution in [0.15, 0.2) is 18.2 Å². The number of carbonyl (C=O) groups is 1. The van der Waals surface area contributed by atoms with Gasteiger partial charge >= 0.3 is 0 Å². The lowest BCUT2D eigenvalue weighted by atomic mass is 9.98. The average molecular weight is 405 g/mol. The van der Waals surface area contributed by atoms with Crippen LogP contribution < -0.4 is 0 Å². The Morgan fingerprint density at radius 2 is 1.84 bits per heavy atom. The predicted molar refractivity (Wildman–Crippen MR) is 99.2 cm³/mol. The molecule has 1 atom stereocenters. The van der Waals surface area contributed by atoms with E-state index in [4.69, 9.17) is 23.2 Å². The number of halogens is 2. The third kappa shape index (κ3) is 4.48. The number of amides is 1. The van der Waals surface area contributed by atoms with Gasteiger partial charge in [0.05, 0.1) is 11.7 Å². The van der Waals surface area contributed by atoms with Crippen LogP contribution in [-0.4, -0.2) is 49.7 Å². The Kier molecular flexibility index (Phi) is 5.93. The van der Waals surface area contributed by atoms with Crippen LogP contribution in [0.3, 0.4) is 0 Å². The van der Waals surface area contributed by atoms with Crippen molar-refractivity contribution in [3.05, 3.63) is 33.8 Å². The smallest absolute Gasteiger partial charge is 0.227 e. The van der Waals surface area contributed by atoms with E-state index in [9.17, 15) is 13.2 Å². The van der Waals surface area contributed by atoms with E-state index >= 15 is 0 Å². The maximum atomic E-state index is 12.8. The van der Waals surface area contributed by atoms with Crippen molar-refractivity contribution in [2.24, 2.45) is 5.92 Å². The summed E-state index contributed by atoms with van der Waals surface area (Å²) in [5.74, 6) is -0.308. The second-order valence-electron chi connectivity index (χ2n) is 6.72. The van der Waals surface area contributed by atoms with Crippen LogP contribution >= 0.6 is 23.2 Å². The topological polar surface area (TPSA) is 57.7 Å². The van der Waals surface area contributed by atoms with Gasteiger partial charge < -0.3 is 4.90 Å². The number of likely N-dealkylation sites (tertiary alicyclic amines) is 1. The van der Waals surface area contributed by atoms with Gasteiger partial charge in [0.2, 0.25) is 15.9 Å². The number of hydrogen-bond donors (Lipinski definition) is 0. The molecule has 1 unspecified atom stereocenters. The fourth-order valence-corrected chi connectivity index (χ4v) is 5.72. The Hall–Kier alpha value is -0.820. The van der Waals surface area contributed by atoms with Crippen molar-refractivity contribution >= 4 is 39.1 Å². The first kappa shape index (κ1) is 19.0. The first-order valence-corrected chi connectivity index (χ1v) is 10.9. The molecular formula is C17H22Cl2N2O3S. The molecule has 2 aliphatic rings. The van der Waals surface area contributed by atoms with Crippen LogP contribution in [0.1, 0.15) is 31.2 Å². The number of rotatable bonds is 4. The summed E-state index contributed by atoms with van der Waals surface area (Å²) < 4.78 is 27.0. The van der Waals surface area contributed by atoms with Crippen molar-refractivity contribution in [3.8, 4) is 0 Å². The summed E-state index contributed by atoms with van der Waals surface area (Å²) in [4.78, 5) is 14.5. The first-order chi connectivity index (χ1) is 11.9. The van der Waals surface area contributed by atoms with Crippen LogP contribution in [0.5, 0.6) is 0 Å². The largest absolute Gasteiger partial charge is 0.342 e. The highest BCUT2D eigenvalue weighted by molar-refractivity contribution is 7.88. The van der Waals surface area contributed by atoms with Gasteiger partial charge in [0.25, 0.3) is 0 Å². The van der Waals surface area contributed by atoms with Crippen LogP contribution in [-0.2, 0) is 20.6 Å². The quantitative estimate of drug-likeness (QED) is 0.773. The average Bonchev–Trinajstić information content (AvgIpc) is 3.11. The van der Waals surface area contributed by atoms with Crippen molar-refractivity contribution in [3.63, 3.8) is 0 Å². The Morgan fingerprint density at radius 3 is 2.52 bits per heavy atom. The molecule has 2 saturated heterocycles. The Morgan fingerprint density at radius 1 is 1.12 bits per heavy atom. The minimum atomic E-state index is -3.53. The molecule has 2 fully saturated rings. The molecule has 2 heterocycles. The molecule has 0 spiro atoms. The van der Waals surface area contributed by atoms with E-state index in [1.165, 1.54) is 4.31 Å². The van der Waals surface area contributed by atoms with E-state index in [1.54, 1.807) is 18.2 Å². The first-order valence-electron chi connectivity index (χ1n) is 8.57. The molecule has 138 valence electrons. The monoisotopic (exact) mass is 404 g/mol. The molecule has 25 heavy (non-hydrogen) atoms. The van der Waals surface area contributed by atoms with Gasteiger partial charge in [-0.1, -0.05) is 29.3 Å². The van der Waals surface area contributed by atoms with E-state index < -0.39 is 10.0 Å². The van der Waals surface area contributed by atoms with Crippen LogP contribution in [0.2, 0.25) is 10.0 Å². The minimum absolute atomic E-state index is 0.0990. The van der Waals surface area contributed by atoms with Gasteiger partial charge in [-0.2, -0.15) is 0 Å². The van der Waals surface area contributed by atoms with E-state index in [-0.39, 0.29) is 24.1 Å². The molecule has 1 aromatic rings. The van der Waals surface area contributed by atoms with E-state index in [1.807, 2.05) is 4.90 Å². The minimum Gasteiger partial charge on any atom is -0.342 e. The van der Waals surface area contributed by atoms with Crippen molar-refractivity contribution in [1.82, 2.24) is 9.21 Å². The number of sulfonamides is 1. The van der Waals surface area contributed by atoms with Crippen molar-refractivity contribution in [2.75, 3.05) is 26.2 Å². The molecule has 8 heteroatoms. The lowest BCUT2D eigenvalue weighted by molar-refractivity contribution is -0.135. The Bertz CT molecular complexity index is 748. The second-order valence-corrected chi connectivity index (χ2v) is 9.53. The molecule has 0 bridgehead atoms. The van der Waals surface area contributed by atoms with Crippen LogP contribution in [0, 0.1) is 5.92 Å². The maximum absolute atomic E-state index is 12.8. The van der Waals surface area contributed by atoms with Gasteiger partial charge in [-0.3, -0.25) is 4.79 Å². The van der Waals surface area contributed by atoms with Gasteiger partial charge in [-0.05, 0) is 43.4 Å². The van der Waals surface area contributed by atoms with E-state index in [2.05, 4.69) is 0 Å². The molecule has 0 radical (unpaired) electrons. The van der Waals surface area contributed by atoms with Crippen molar-refractivity contribution < 1.29 is 13.2 Å². The summed E-state index contributed by atoms with van der Waals surface area (Å²) in [5, 5.41) is 0.818. The fourth-order valence-electron chi connectivity index (χ4n) is 3.52.